The molecular weight excluding hydrogens is 411 g/mol. The Bertz CT molecular complexity index is 1030. The van der Waals surface area contributed by atoms with Crippen LogP contribution < -0.4 is 14.8 Å². The lowest BCUT2D eigenvalue weighted by Gasteiger charge is -2.29. The van der Waals surface area contributed by atoms with E-state index >= 15 is 0 Å². The number of hydrogen-bond acceptors (Lipinski definition) is 5. The smallest absolute Gasteiger partial charge is 0.258 e. The largest absolute Gasteiger partial charge is 0.497 e. The minimum atomic E-state index is -3.81. The molecule has 1 heterocycles. The first-order chi connectivity index (χ1) is 14.3. The van der Waals surface area contributed by atoms with E-state index in [2.05, 4.69) is 12.2 Å². The second-order valence-corrected chi connectivity index (χ2v) is 9.19. The van der Waals surface area contributed by atoms with E-state index in [0.29, 0.717) is 30.5 Å². The van der Waals surface area contributed by atoms with E-state index in [1.54, 1.807) is 12.1 Å². The number of halogens is 1. The topological polar surface area (TPSA) is 84.9 Å². The van der Waals surface area contributed by atoms with Crippen molar-refractivity contribution in [1.29, 1.82) is 0 Å². The summed E-state index contributed by atoms with van der Waals surface area (Å²) < 4.78 is 52.1. The van der Waals surface area contributed by atoms with E-state index in [-0.39, 0.29) is 16.1 Å². The Morgan fingerprint density at radius 3 is 2.43 bits per heavy atom. The molecular formula is C21H25FN2O5S. The molecule has 1 amide bonds. The fourth-order valence-corrected chi connectivity index (χ4v) is 4.81. The number of anilines is 1. The summed E-state index contributed by atoms with van der Waals surface area (Å²) in [6, 6.07) is 8.04. The van der Waals surface area contributed by atoms with Crippen molar-refractivity contribution in [2.75, 3.05) is 32.6 Å². The van der Waals surface area contributed by atoms with Crippen molar-refractivity contribution in [1.82, 2.24) is 4.31 Å². The van der Waals surface area contributed by atoms with Crippen LogP contribution >= 0.6 is 0 Å². The SMILES string of the molecule is COc1ccc(OC)c(NC(=O)c2cc(S(=O)(=O)N3CCC(C)CC3)ccc2F)c1. The number of ether oxygens (including phenoxy) is 2. The monoisotopic (exact) mass is 436 g/mol. The van der Waals surface area contributed by atoms with Gasteiger partial charge in [0.05, 0.1) is 30.4 Å². The molecule has 1 aliphatic rings. The Kier molecular flexibility index (Phi) is 6.62. The van der Waals surface area contributed by atoms with Crippen LogP contribution in [0.3, 0.4) is 0 Å². The Hall–Kier alpha value is -2.65. The van der Waals surface area contributed by atoms with Crippen LogP contribution in [-0.2, 0) is 10.0 Å². The van der Waals surface area contributed by atoms with E-state index in [4.69, 9.17) is 9.47 Å². The third-order valence-corrected chi connectivity index (χ3v) is 7.11. The van der Waals surface area contributed by atoms with Gasteiger partial charge in [0.1, 0.15) is 17.3 Å². The molecule has 0 saturated carbocycles. The van der Waals surface area contributed by atoms with E-state index in [9.17, 15) is 17.6 Å². The van der Waals surface area contributed by atoms with Gasteiger partial charge >= 0.3 is 0 Å². The molecule has 1 saturated heterocycles. The lowest BCUT2D eigenvalue weighted by molar-refractivity contribution is 0.102. The summed E-state index contributed by atoms with van der Waals surface area (Å²) in [7, 11) is -0.902. The molecule has 162 valence electrons. The molecule has 2 aromatic rings. The van der Waals surface area contributed by atoms with Crippen molar-refractivity contribution in [2.45, 2.75) is 24.7 Å². The van der Waals surface area contributed by atoms with Gasteiger partial charge in [0.25, 0.3) is 5.91 Å². The highest BCUT2D eigenvalue weighted by atomic mass is 32.2. The molecule has 0 spiro atoms. The van der Waals surface area contributed by atoms with E-state index < -0.39 is 21.7 Å². The molecule has 0 unspecified atom stereocenters. The van der Waals surface area contributed by atoms with E-state index in [1.807, 2.05) is 0 Å². The summed E-state index contributed by atoms with van der Waals surface area (Å²) in [6.07, 6.45) is 1.53. The number of hydrogen-bond donors (Lipinski definition) is 1. The van der Waals surface area contributed by atoms with Crippen LogP contribution in [0.15, 0.2) is 41.3 Å². The number of benzene rings is 2. The zero-order valence-corrected chi connectivity index (χ0v) is 18.0. The average molecular weight is 437 g/mol. The van der Waals surface area contributed by atoms with Gasteiger partial charge in [-0.05, 0) is 49.1 Å². The standard InChI is InChI=1S/C21H25FN2O5S/c1-14-8-10-24(11-9-14)30(26,27)16-5-6-18(22)17(13-16)21(25)23-19-12-15(28-2)4-7-20(19)29-3/h4-7,12-14H,8-11H2,1-3H3,(H,23,25). The Morgan fingerprint density at radius 1 is 1.10 bits per heavy atom. The maximum Gasteiger partial charge on any atom is 0.258 e. The van der Waals surface area contributed by atoms with Crippen molar-refractivity contribution in [3.05, 3.63) is 47.8 Å². The molecule has 1 fully saturated rings. The molecule has 0 aromatic heterocycles. The van der Waals surface area contributed by atoms with Gasteiger partial charge in [0.15, 0.2) is 0 Å². The normalized spacial score (nSPS) is 15.6. The van der Waals surface area contributed by atoms with Crippen LogP contribution in [0.1, 0.15) is 30.1 Å². The van der Waals surface area contributed by atoms with Crippen molar-refractivity contribution in [2.24, 2.45) is 5.92 Å². The molecule has 0 atom stereocenters. The molecule has 2 aromatic carbocycles. The maximum absolute atomic E-state index is 14.4. The summed E-state index contributed by atoms with van der Waals surface area (Å²) in [4.78, 5) is 12.6. The van der Waals surface area contributed by atoms with Crippen molar-refractivity contribution in [3.63, 3.8) is 0 Å². The number of carbonyl (C=O) groups is 1. The van der Waals surface area contributed by atoms with Gasteiger partial charge in [0.2, 0.25) is 10.0 Å². The van der Waals surface area contributed by atoms with Gasteiger partial charge in [-0.3, -0.25) is 4.79 Å². The van der Waals surface area contributed by atoms with Crippen LogP contribution in [0.25, 0.3) is 0 Å². The van der Waals surface area contributed by atoms with Crippen molar-refractivity contribution < 1.29 is 27.1 Å². The van der Waals surface area contributed by atoms with Crippen molar-refractivity contribution in [3.8, 4) is 11.5 Å². The molecule has 0 radical (unpaired) electrons. The number of piperidine rings is 1. The molecule has 1 aliphatic heterocycles. The molecule has 0 aliphatic carbocycles. The number of nitrogens with zero attached hydrogens (tertiary/aromatic N) is 1. The minimum absolute atomic E-state index is 0.110. The first-order valence-electron chi connectivity index (χ1n) is 9.59. The predicted octanol–water partition coefficient (Wildman–Crippen LogP) is 3.52. The third-order valence-electron chi connectivity index (χ3n) is 5.22. The van der Waals surface area contributed by atoms with Gasteiger partial charge in [-0.25, -0.2) is 12.8 Å². The quantitative estimate of drug-likeness (QED) is 0.749. The molecule has 9 heteroatoms. The van der Waals surface area contributed by atoms with E-state index in [1.165, 1.54) is 30.7 Å². The fourth-order valence-electron chi connectivity index (χ4n) is 3.31. The summed E-state index contributed by atoms with van der Waals surface area (Å²) >= 11 is 0. The molecule has 30 heavy (non-hydrogen) atoms. The van der Waals surface area contributed by atoms with Gasteiger partial charge < -0.3 is 14.8 Å². The van der Waals surface area contributed by atoms with Gasteiger partial charge in [-0.15, -0.1) is 0 Å². The van der Waals surface area contributed by atoms with Gasteiger partial charge in [0, 0.05) is 19.2 Å². The Morgan fingerprint density at radius 2 is 1.80 bits per heavy atom. The average Bonchev–Trinajstić information content (AvgIpc) is 2.74. The molecule has 3 rings (SSSR count). The number of nitrogens with one attached hydrogen (secondary N) is 1. The highest BCUT2D eigenvalue weighted by molar-refractivity contribution is 7.89. The highest BCUT2D eigenvalue weighted by Gasteiger charge is 2.29. The molecule has 0 bridgehead atoms. The van der Waals surface area contributed by atoms with E-state index in [0.717, 1.165) is 25.0 Å². The second-order valence-electron chi connectivity index (χ2n) is 7.25. The summed E-state index contributed by atoms with van der Waals surface area (Å²) in [5.74, 6) is -0.314. The summed E-state index contributed by atoms with van der Waals surface area (Å²) in [6.45, 7) is 2.89. The lowest BCUT2D eigenvalue weighted by atomic mass is 10.0. The Balaban J connectivity index is 1.89. The Labute approximate surface area is 175 Å². The summed E-state index contributed by atoms with van der Waals surface area (Å²) in [5.41, 5.74) is -0.0918. The lowest BCUT2D eigenvalue weighted by Crippen LogP contribution is -2.38. The molecule has 7 nitrogen and oxygen atoms in total. The first kappa shape index (κ1) is 22.0. The van der Waals surface area contributed by atoms with Crippen LogP contribution in [0.5, 0.6) is 11.5 Å². The van der Waals surface area contributed by atoms with Crippen LogP contribution in [0, 0.1) is 11.7 Å². The number of amides is 1. The second kappa shape index (κ2) is 9.01. The first-order valence-corrected chi connectivity index (χ1v) is 11.0. The number of sulfonamides is 1. The van der Waals surface area contributed by atoms with Crippen molar-refractivity contribution >= 4 is 21.6 Å². The highest BCUT2D eigenvalue weighted by Crippen LogP contribution is 2.30. The zero-order valence-electron chi connectivity index (χ0n) is 17.1. The number of carbonyl (C=O) groups excluding carboxylic acids is 1. The van der Waals surface area contributed by atoms with Gasteiger partial charge in [-0.2, -0.15) is 4.31 Å². The predicted molar refractivity (Wildman–Crippen MR) is 111 cm³/mol. The van der Waals surface area contributed by atoms with Gasteiger partial charge in [-0.1, -0.05) is 6.92 Å². The number of methoxy groups -OCH3 is 2. The van der Waals surface area contributed by atoms with Crippen LogP contribution in [0.2, 0.25) is 0 Å². The maximum atomic E-state index is 14.4. The zero-order chi connectivity index (χ0) is 21.9. The third kappa shape index (κ3) is 4.57. The minimum Gasteiger partial charge on any atom is -0.497 e. The van der Waals surface area contributed by atoms with Crippen LogP contribution in [-0.4, -0.2) is 45.9 Å². The number of rotatable bonds is 6. The summed E-state index contributed by atoms with van der Waals surface area (Å²) in [5, 5.41) is 2.56. The molecule has 1 N–H and O–H groups in total. The van der Waals surface area contributed by atoms with Crippen LogP contribution in [0.4, 0.5) is 10.1 Å². The fraction of sp³-hybridized carbons (Fsp3) is 0.381.